The molecule has 1 unspecified atom stereocenters. The minimum atomic E-state index is -0.0805. The van der Waals surface area contributed by atoms with E-state index >= 15 is 0 Å². The highest BCUT2D eigenvalue weighted by atomic mass is 16.1. The number of carbonyl (C=O) groups excluding carboxylic acids is 1. The number of H-pyrrole nitrogens is 1. The van der Waals surface area contributed by atoms with Crippen molar-refractivity contribution < 1.29 is 4.79 Å². The van der Waals surface area contributed by atoms with E-state index in [1.165, 1.54) is 0 Å². The zero-order valence-electron chi connectivity index (χ0n) is 11.7. The van der Waals surface area contributed by atoms with Crippen LogP contribution in [0.4, 0.5) is 5.69 Å². The third-order valence-electron chi connectivity index (χ3n) is 3.66. The van der Waals surface area contributed by atoms with Gasteiger partial charge in [-0.2, -0.15) is 0 Å². The quantitative estimate of drug-likeness (QED) is 0.739. The molecule has 4 nitrogen and oxygen atoms in total. The van der Waals surface area contributed by atoms with E-state index in [1.807, 2.05) is 24.3 Å². The molecule has 0 aliphatic carbocycles. The van der Waals surface area contributed by atoms with Crippen molar-refractivity contribution in [2.75, 3.05) is 12.3 Å². The molecule has 19 heavy (non-hydrogen) atoms. The minimum absolute atomic E-state index is 0.0805. The molecule has 1 aromatic carbocycles. The average molecular weight is 259 g/mol. The van der Waals surface area contributed by atoms with Crippen LogP contribution in [0, 0.1) is 11.8 Å². The zero-order chi connectivity index (χ0) is 14.0. The first-order chi connectivity index (χ1) is 8.99. The summed E-state index contributed by atoms with van der Waals surface area (Å²) < 4.78 is 0. The molecule has 2 rings (SSSR count). The molecule has 0 saturated heterocycles. The summed E-state index contributed by atoms with van der Waals surface area (Å²) in [6.45, 7) is 7.12. The van der Waals surface area contributed by atoms with Crippen LogP contribution < -0.4 is 11.1 Å². The fourth-order valence-corrected chi connectivity index (χ4v) is 1.89. The second kappa shape index (κ2) is 5.34. The summed E-state index contributed by atoms with van der Waals surface area (Å²) in [5, 5.41) is 3.91. The van der Waals surface area contributed by atoms with Gasteiger partial charge in [0, 0.05) is 11.9 Å². The van der Waals surface area contributed by atoms with Crippen molar-refractivity contribution in [2.24, 2.45) is 11.8 Å². The molecule has 0 spiro atoms. The van der Waals surface area contributed by atoms with Gasteiger partial charge in [0.15, 0.2) is 0 Å². The van der Waals surface area contributed by atoms with Gasteiger partial charge >= 0.3 is 0 Å². The molecule has 0 aliphatic heterocycles. The van der Waals surface area contributed by atoms with Gasteiger partial charge in [0.25, 0.3) is 5.91 Å². The number of benzene rings is 1. The van der Waals surface area contributed by atoms with Crippen LogP contribution in [0.3, 0.4) is 0 Å². The first-order valence-corrected chi connectivity index (χ1v) is 6.64. The normalized spacial score (nSPS) is 12.8. The number of nitrogens with one attached hydrogen (secondary N) is 2. The van der Waals surface area contributed by atoms with Crippen LogP contribution in [-0.2, 0) is 0 Å². The van der Waals surface area contributed by atoms with Crippen LogP contribution in [0.5, 0.6) is 0 Å². The second-order valence-corrected chi connectivity index (χ2v) is 5.43. The number of anilines is 1. The lowest BCUT2D eigenvalue weighted by molar-refractivity contribution is 0.0941. The Morgan fingerprint density at radius 3 is 2.74 bits per heavy atom. The Bertz CT molecular complexity index is 586. The number of para-hydroxylation sites is 1. The predicted molar refractivity (Wildman–Crippen MR) is 79.0 cm³/mol. The molecule has 2 aromatic rings. The van der Waals surface area contributed by atoms with Crippen molar-refractivity contribution in [1.82, 2.24) is 10.3 Å². The molecule has 4 heteroatoms. The number of nitrogens with two attached hydrogens (primary N) is 1. The molecule has 0 fully saturated rings. The summed E-state index contributed by atoms with van der Waals surface area (Å²) in [4.78, 5) is 15.1. The molecular formula is C15H21N3O. The Kier molecular flexibility index (Phi) is 3.79. The average Bonchev–Trinajstić information content (AvgIpc) is 2.80. The molecule has 4 N–H and O–H groups in total. The van der Waals surface area contributed by atoms with E-state index in [9.17, 15) is 4.79 Å². The lowest BCUT2D eigenvalue weighted by Crippen LogP contribution is -2.30. The Hall–Kier alpha value is -1.97. The van der Waals surface area contributed by atoms with Crippen molar-refractivity contribution >= 4 is 22.5 Å². The molecule has 0 radical (unpaired) electrons. The van der Waals surface area contributed by atoms with E-state index < -0.39 is 0 Å². The molecule has 102 valence electrons. The molecule has 0 saturated carbocycles. The Balaban J connectivity index is 2.12. The third kappa shape index (κ3) is 2.89. The van der Waals surface area contributed by atoms with E-state index in [1.54, 1.807) is 0 Å². The standard InChI is InChI=1S/C15H21N3O/c1-9(2)10(3)8-17-15(19)13-7-11-5-4-6-12(16)14(11)18-13/h4-7,9-10,18H,8,16H2,1-3H3,(H,17,19). The van der Waals surface area contributed by atoms with Gasteiger partial charge in [0.05, 0.1) is 11.2 Å². The van der Waals surface area contributed by atoms with E-state index in [2.05, 4.69) is 31.1 Å². The van der Waals surface area contributed by atoms with Crippen LogP contribution in [-0.4, -0.2) is 17.4 Å². The van der Waals surface area contributed by atoms with Gasteiger partial charge in [0.2, 0.25) is 0 Å². The monoisotopic (exact) mass is 259 g/mol. The number of amides is 1. The maximum atomic E-state index is 12.1. The minimum Gasteiger partial charge on any atom is -0.397 e. The highest BCUT2D eigenvalue weighted by Gasteiger charge is 2.13. The van der Waals surface area contributed by atoms with Crippen LogP contribution in [0.15, 0.2) is 24.3 Å². The number of aromatic amines is 1. The molecule has 1 atom stereocenters. The van der Waals surface area contributed by atoms with Crippen LogP contribution in [0.2, 0.25) is 0 Å². The lowest BCUT2D eigenvalue weighted by atomic mass is 9.98. The van der Waals surface area contributed by atoms with Crippen LogP contribution >= 0.6 is 0 Å². The van der Waals surface area contributed by atoms with Gasteiger partial charge < -0.3 is 16.0 Å². The first-order valence-electron chi connectivity index (χ1n) is 6.64. The summed E-state index contributed by atoms with van der Waals surface area (Å²) >= 11 is 0. The van der Waals surface area contributed by atoms with Crippen molar-refractivity contribution in [3.8, 4) is 0 Å². The Morgan fingerprint density at radius 1 is 1.37 bits per heavy atom. The lowest BCUT2D eigenvalue weighted by Gasteiger charge is -2.15. The summed E-state index contributed by atoms with van der Waals surface area (Å²) in [6.07, 6.45) is 0. The largest absolute Gasteiger partial charge is 0.397 e. The topological polar surface area (TPSA) is 70.9 Å². The zero-order valence-corrected chi connectivity index (χ0v) is 11.7. The maximum absolute atomic E-state index is 12.1. The highest BCUT2D eigenvalue weighted by Crippen LogP contribution is 2.21. The SMILES string of the molecule is CC(C)C(C)CNC(=O)c1cc2cccc(N)c2[nH]1. The highest BCUT2D eigenvalue weighted by molar-refractivity contribution is 6.00. The van der Waals surface area contributed by atoms with Crippen LogP contribution in [0.25, 0.3) is 10.9 Å². The van der Waals surface area contributed by atoms with E-state index in [0.29, 0.717) is 29.8 Å². The number of hydrogen-bond donors (Lipinski definition) is 3. The third-order valence-corrected chi connectivity index (χ3v) is 3.66. The van der Waals surface area contributed by atoms with Gasteiger partial charge in [-0.3, -0.25) is 4.79 Å². The van der Waals surface area contributed by atoms with Gasteiger partial charge in [-0.15, -0.1) is 0 Å². The summed E-state index contributed by atoms with van der Waals surface area (Å²) in [5.41, 5.74) is 7.91. The van der Waals surface area contributed by atoms with Gasteiger partial charge in [-0.1, -0.05) is 32.9 Å². The van der Waals surface area contributed by atoms with E-state index in [4.69, 9.17) is 5.73 Å². The van der Waals surface area contributed by atoms with Crippen molar-refractivity contribution in [2.45, 2.75) is 20.8 Å². The molecule has 1 heterocycles. The summed E-state index contributed by atoms with van der Waals surface area (Å²) in [5.74, 6) is 0.931. The Morgan fingerprint density at radius 2 is 2.11 bits per heavy atom. The maximum Gasteiger partial charge on any atom is 0.267 e. The van der Waals surface area contributed by atoms with Crippen molar-refractivity contribution in [1.29, 1.82) is 0 Å². The summed E-state index contributed by atoms with van der Waals surface area (Å²) in [7, 11) is 0. The van der Waals surface area contributed by atoms with Gasteiger partial charge in [-0.05, 0) is 24.0 Å². The number of rotatable bonds is 4. The molecule has 1 amide bonds. The smallest absolute Gasteiger partial charge is 0.267 e. The second-order valence-electron chi connectivity index (χ2n) is 5.43. The van der Waals surface area contributed by atoms with Crippen molar-refractivity contribution in [3.63, 3.8) is 0 Å². The number of carbonyl (C=O) groups is 1. The predicted octanol–water partition coefficient (Wildman–Crippen LogP) is 2.77. The molecule has 0 bridgehead atoms. The molecule has 1 aromatic heterocycles. The number of hydrogen-bond acceptors (Lipinski definition) is 2. The number of nitrogen functional groups attached to an aromatic ring is 1. The van der Waals surface area contributed by atoms with Crippen molar-refractivity contribution in [3.05, 3.63) is 30.0 Å². The molecule has 0 aliphatic rings. The van der Waals surface area contributed by atoms with Crippen LogP contribution in [0.1, 0.15) is 31.3 Å². The fourth-order valence-electron chi connectivity index (χ4n) is 1.89. The van der Waals surface area contributed by atoms with Gasteiger partial charge in [-0.25, -0.2) is 0 Å². The number of aromatic nitrogens is 1. The fraction of sp³-hybridized carbons (Fsp3) is 0.400. The molecular weight excluding hydrogens is 238 g/mol. The first kappa shape index (κ1) is 13.5. The van der Waals surface area contributed by atoms with Gasteiger partial charge in [0.1, 0.15) is 5.69 Å². The van der Waals surface area contributed by atoms with E-state index in [0.717, 1.165) is 10.9 Å². The number of fused-ring (bicyclic) bond motifs is 1. The summed E-state index contributed by atoms with van der Waals surface area (Å²) in [6, 6.07) is 7.48. The Labute approximate surface area is 113 Å². The van der Waals surface area contributed by atoms with E-state index in [-0.39, 0.29) is 5.91 Å².